The molecule has 0 radical (unpaired) electrons. The van der Waals surface area contributed by atoms with E-state index >= 15 is 4.39 Å². The number of benzene rings is 3. The molecule has 1 aliphatic heterocycles. The number of amides is 1. The normalized spacial score (nSPS) is 16.9. The van der Waals surface area contributed by atoms with Crippen LogP contribution in [0.1, 0.15) is 63.7 Å². The zero-order valence-electron chi connectivity index (χ0n) is 33.6. The first kappa shape index (κ1) is 41.0. The van der Waals surface area contributed by atoms with Gasteiger partial charge in [-0.05, 0) is 73.1 Å². The highest BCUT2D eigenvalue weighted by molar-refractivity contribution is 7.21. The first-order chi connectivity index (χ1) is 27.7. The zero-order valence-corrected chi connectivity index (χ0v) is 35.5. The van der Waals surface area contributed by atoms with Crippen molar-refractivity contribution in [3.05, 3.63) is 129 Å². The van der Waals surface area contributed by atoms with Crippen LogP contribution < -0.4 is 26.4 Å². The van der Waals surface area contributed by atoms with Crippen LogP contribution in [-0.4, -0.2) is 75.4 Å². The number of methoxy groups -OCH3 is 1. The fourth-order valence-corrected chi connectivity index (χ4v) is 13.5. The summed E-state index contributed by atoms with van der Waals surface area (Å²) in [6.45, 7) is 8.14. The third kappa shape index (κ3) is 7.14. The number of thiophene rings is 1. The fourth-order valence-electron chi connectivity index (χ4n) is 8.52. The molecule has 304 valence electrons. The summed E-state index contributed by atoms with van der Waals surface area (Å²) in [4.78, 5) is 59.4. The van der Waals surface area contributed by atoms with E-state index in [1.54, 1.807) is 25.8 Å². The number of aryl methyl sites for hydroxylation is 1. The Hall–Kier alpha value is -5.22. The maximum Gasteiger partial charge on any atom is 0.333 e. The molecule has 2 atom stereocenters. The van der Waals surface area contributed by atoms with Gasteiger partial charge >= 0.3 is 5.69 Å². The molecule has 1 aliphatic rings. The predicted molar refractivity (Wildman–Crippen MR) is 226 cm³/mol. The molecule has 1 N–H and O–H groups in total. The number of fused-ring (bicyclic) bond motifs is 1. The lowest BCUT2D eigenvalue weighted by Crippen LogP contribution is -2.65. The molecule has 0 bridgehead atoms. The Kier molecular flexibility index (Phi) is 11.4. The number of likely N-dealkylation sites (tertiary alicyclic amines) is 1. The molecule has 0 aliphatic carbocycles. The minimum absolute atomic E-state index is 0.141. The van der Waals surface area contributed by atoms with Crippen molar-refractivity contribution in [2.75, 3.05) is 27.3 Å². The van der Waals surface area contributed by atoms with E-state index < -0.39 is 42.1 Å². The Labute approximate surface area is 341 Å². The summed E-state index contributed by atoms with van der Waals surface area (Å²) in [5.74, 6) is -0.487. The minimum atomic E-state index is -3.31. The number of likely N-dealkylation sites (N-methyl/N-ethyl adjacent to an activating group) is 1. The Morgan fingerprint density at radius 1 is 1.00 bits per heavy atom. The van der Waals surface area contributed by atoms with Gasteiger partial charge in [0, 0.05) is 31.3 Å². The number of nitrogens with zero attached hydrogens (tertiary/aromatic N) is 6. The average Bonchev–Trinajstić information content (AvgIpc) is 3.88. The topological polar surface area (TPSA) is 134 Å². The summed E-state index contributed by atoms with van der Waals surface area (Å²) in [6, 6.07) is 23.8. The fraction of sp³-hybridized carbons (Fsp3) is 0.372. The SMILES string of the molecule is COc1ccc(F)cc1[C@H](Cn1c(=O)n([C@]2(C)CCCN(C)C2=O)c(=O)c2c(C)c(-n3nccn3)sc21)OCCCC(C)(C)[Si](O)(c1ccccc1)c1ccccc1. The molecule has 1 amide bonds. The Balaban J connectivity index is 1.30. The van der Waals surface area contributed by atoms with Gasteiger partial charge in [-0.3, -0.25) is 14.2 Å². The number of aromatic nitrogens is 5. The number of carbonyl (C=O) groups excluding carboxylic acids is 1. The summed E-state index contributed by atoms with van der Waals surface area (Å²) < 4.78 is 30.1. The van der Waals surface area contributed by atoms with Crippen LogP contribution >= 0.6 is 11.3 Å². The third-order valence-corrected chi connectivity index (χ3v) is 17.6. The molecule has 0 saturated carbocycles. The number of piperidine rings is 1. The van der Waals surface area contributed by atoms with E-state index in [0.29, 0.717) is 58.9 Å². The molecule has 3 aromatic heterocycles. The van der Waals surface area contributed by atoms with Gasteiger partial charge in [-0.15, -0.1) is 4.80 Å². The van der Waals surface area contributed by atoms with E-state index in [1.165, 1.54) is 58.4 Å². The molecule has 15 heteroatoms. The molecule has 0 unspecified atom stereocenters. The molecule has 7 rings (SSSR count). The van der Waals surface area contributed by atoms with Crippen molar-refractivity contribution in [1.82, 2.24) is 29.0 Å². The van der Waals surface area contributed by atoms with Crippen molar-refractivity contribution in [2.24, 2.45) is 0 Å². The van der Waals surface area contributed by atoms with Gasteiger partial charge in [0.15, 0.2) is 0 Å². The van der Waals surface area contributed by atoms with Crippen molar-refractivity contribution < 1.29 is 23.5 Å². The van der Waals surface area contributed by atoms with E-state index in [9.17, 15) is 19.2 Å². The minimum Gasteiger partial charge on any atom is -0.496 e. The average molecular weight is 825 g/mol. The van der Waals surface area contributed by atoms with Crippen molar-refractivity contribution in [3.63, 3.8) is 0 Å². The molecule has 58 heavy (non-hydrogen) atoms. The molecule has 4 heterocycles. The molecule has 3 aromatic carbocycles. The molecule has 1 saturated heterocycles. The highest BCUT2D eigenvalue weighted by Crippen LogP contribution is 2.41. The third-order valence-electron chi connectivity index (χ3n) is 11.8. The van der Waals surface area contributed by atoms with Crippen LogP contribution in [0.4, 0.5) is 4.39 Å². The van der Waals surface area contributed by atoms with E-state index in [4.69, 9.17) is 9.47 Å². The molecular formula is C43H49FN6O6SSi. The Morgan fingerprint density at radius 2 is 1.64 bits per heavy atom. The van der Waals surface area contributed by atoms with Crippen molar-refractivity contribution >= 4 is 46.2 Å². The first-order valence-corrected chi connectivity index (χ1v) is 22.2. The lowest BCUT2D eigenvalue weighted by molar-refractivity contribution is -0.142. The lowest BCUT2D eigenvalue weighted by atomic mass is 9.89. The second-order valence-corrected chi connectivity index (χ2v) is 20.8. The number of hydrogen-bond donors (Lipinski definition) is 1. The predicted octanol–water partition coefficient (Wildman–Crippen LogP) is 5.30. The van der Waals surface area contributed by atoms with Gasteiger partial charge in [-0.1, -0.05) is 85.8 Å². The van der Waals surface area contributed by atoms with Crippen LogP contribution in [0.2, 0.25) is 5.04 Å². The lowest BCUT2D eigenvalue weighted by Gasteiger charge is -2.41. The van der Waals surface area contributed by atoms with Gasteiger partial charge in [0.05, 0.1) is 31.4 Å². The van der Waals surface area contributed by atoms with Crippen LogP contribution in [0.15, 0.2) is 101 Å². The standard InChI is InChI=1S/C43H49FN6O6SSi/c1-29-36-37(51)49(43(4)22-13-25-47(5)40(43)52)41(53)48(39(36)57-38(29)50-45-23-24-46-50)28-35(33-27-30(44)19-20-34(33)55-6)56-26-14-21-42(2,3)58(54,31-15-9-7-10-16-31)32-17-11-8-12-18-32/h7-12,15-20,23-24,27,35,54H,13-14,21-22,25-26,28H2,1-6H3/t35-,43+/m0/s1. The number of rotatable bonds is 14. The highest BCUT2D eigenvalue weighted by Gasteiger charge is 2.49. The van der Waals surface area contributed by atoms with Crippen LogP contribution in [0, 0.1) is 12.7 Å². The molecular weight excluding hydrogens is 776 g/mol. The molecule has 0 spiro atoms. The van der Waals surface area contributed by atoms with Crippen molar-refractivity contribution in [1.29, 1.82) is 0 Å². The number of ether oxygens (including phenoxy) is 2. The van der Waals surface area contributed by atoms with Crippen molar-refractivity contribution in [2.45, 2.75) is 76.6 Å². The molecule has 12 nitrogen and oxygen atoms in total. The first-order valence-electron chi connectivity index (χ1n) is 19.4. The van der Waals surface area contributed by atoms with Gasteiger partial charge in [0.1, 0.15) is 33.0 Å². The second-order valence-electron chi connectivity index (χ2n) is 15.8. The van der Waals surface area contributed by atoms with E-state index in [0.717, 1.165) is 14.9 Å². The van der Waals surface area contributed by atoms with Crippen molar-refractivity contribution in [3.8, 4) is 10.8 Å². The van der Waals surface area contributed by atoms with Crippen LogP contribution in [0.3, 0.4) is 0 Å². The van der Waals surface area contributed by atoms with E-state index in [1.807, 2.05) is 60.7 Å². The number of carbonyl (C=O) groups is 1. The Morgan fingerprint density at radius 3 is 2.26 bits per heavy atom. The summed E-state index contributed by atoms with van der Waals surface area (Å²) in [6.07, 6.45) is 4.11. The summed E-state index contributed by atoms with van der Waals surface area (Å²) in [5, 5.41) is 10.7. The van der Waals surface area contributed by atoms with Gasteiger partial charge < -0.3 is 19.2 Å². The van der Waals surface area contributed by atoms with Gasteiger partial charge in [0.2, 0.25) is 5.91 Å². The van der Waals surface area contributed by atoms with Crippen LogP contribution in [-0.2, 0) is 21.6 Å². The number of hydrogen-bond acceptors (Lipinski definition) is 9. The summed E-state index contributed by atoms with van der Waals surface area (Å²) in [5.41, 5.74) is -1.78. The molecule has 1 fully saturated rings. The highest BCUT2D eigenvalue weighted by atomic mass is 32.1. The summed E-state index contributed by atoms with van der Waals surface area (Å²) in [7, 11) is -0.155. The zero-order chi connectivity index (χ0) is 41.4. The maximum absolute atomic E-state index is 15.1. The van der Waals surface area contributed by atoms with Gasteiger partial charge in [-0.25, -0.2) is 13.8 Å². The largest absolute Gasteiger partial charge is 0.496 e. The molecule has 6 aromatic rings. The second kappa shape index (κ2) is 16.2. The van der Waals surface area contributed by atoms with Crippen LogP contribution in [0.25, 0.3) is 15.2 Å². The monoisotopic (exact) mass is 824 g/mol. The maximum atomic E-state index is 15.1. The van der Waals surface area contributed by atoms with Gasteiger partial charge in [0.25, 0.3) is 13.9 Å². The quantitative estimate of drug-likeness (QED) is 0.116. The van der Waals surface area contributed by atoms with Gasteiger partial charge in [-0.2, -0.15) is 10.2 Å². The smallest absolute Gasteiger partial charge is 0.333 e. The summed E-state index contributed by atoms with van der Waals surface area (Å²) >= 11 is 1.18. The number of halogens is 1. The van der Waals surface area contributed by atoms with E-state index in [-0.39, 0.29) is 24.4 Å². The Bertz CT molecular complexity index is 2500. The van der Waals surface area contributed by atoms with E-state index in [2.05, 4.69) is 24.0 Å². The van der Waals surface area contributed by atoms with Crippen LogP contribution in [0.5, 0.6) is 5.75 Å².